The van der Waals surface area contributed by atoms with E-state index in [9.17, 15) is 4.79 Å². The van der Waals surface area contributed by atoms with Gasteiger partial charge in [-0.15, -0.1) is 10.2 Å². The van der Waals surface area contributed by atoms with Crippen molar-refractivity contribution in [1.29, 1.82) is 0 Å². The molecule has 10 heteroatoms. The number of nitrogens with zero attached hydrogens (tertiary/aromatic N) is 4. The SMILES string of the molecule is COc1ccc(-c2nn3c(C)nnc3s2)cc1NC(=O)/C=C/c1ccc(-c2ccc(Cl)cc2)o1. The first-order chi connectivity index (χ1) is 16.5. The Morgan fingerprint density at radius 2 is 1.91 bits per heavy atom. The summed E-state index contributed by atoms with van der Waals surface area (Å²) in [4.78, 5) is 13.3. The number of ether oxygens (including phenoxy) is 1. The number of aromatic nitrogens is 4. The van der Waals surface area contributed by atoms with Gasteiger partial charge < -0.3 is 14.5 Å². The number of halogens is 1. The van der Waals surface area contributed by atoms with Gasteiger partial charge in [0.25, 0.3) is 0 Å². The first-order valence-electron chi connectivity index (χ1n) is 10.2. The summed E-state index contributed by atoms with van der Waals surface area (Å²) >= 11 is 7.35. The van der Waals surface area contributed by atoms with Gasteiger partial charge in [-0.05, 0) is 67.6 Å². The van der Waals surface area contributed by atoms with Crippen molar-refractivity contribution in [1.82, 2.24) is 19.8 Å². The smallest absolute Gasteiger partial charge is 0.248 e. The molecule has 5 rings (SSSR count). The molecule has 8 nitrogen and oxygen atoms in total. The Morgan fingerprint density at radius 3 is 2.68 bits per heavy atom. The number of rotatable bonds is 6. The molecule has 0 aliphatic rings. The number of hydrogen-bond acceptors (Lipinski definition) is 7. The molecular weight excluding hydrogens is 474 g/mol. The number of benzene rings is 2. The molecule has 2 aromatic carbocycles. The lowest BCUT2D eigenvalue weighted by atomic mass is 10.2. The van der Waals surface area contributed by atoms with E-state index in [1.165, 1.54) is 17.4 Å². The van der Waals surface area contributed by atoms with Crippen LogP contribution in [-0.2, 0) is 4.79 Å². The molecule has 0 spiro atoms. The maximum absolute atomic E-state index is 12.6. The van der Waals surface area contributed by atoms with Crippen LogP contribution >= 0.6 is 22.9 Å². The summed E-state index contributed by atoms with van der Waals surface area (Å²) in [7, 11) is 1.55. The summed E-state index contributed by atoms with van der Waals surface area (Å²) in [5, 5.41) is 16.9. The summed E-state index contributed by atoms with van der Waals surface area (Å²) in [5.41, 5.74) is 2.25. The average Bonchev–Trinajstić information content (AvgIpc) is 3.56. The normalized spacial score (nSPS) is 11.4. The number of hydrogen-bond donors (Lipinski definition) is 1. The summed E-state index contributed by atoms with van der Waals surface area (Å²) in [5.74, 6) is 2.16. The Morgan fingerprint density at radius 1 is 1.12 bits per heavy atom. The minimum atomic E-state index is -0.325. The molecule has 0 fully saturated rings. The van der Waals surface area contributed by atoms with E-state index in [4.69, 9.17) is 20.8 Å². The molecule has 3 heterocycles. The van der Waals surface area contributed by atoms with Crippen LogP contribution in [0.4, 0.5) is 5.69 Å². The number of carbonyl (C=O) groups is 1. The molecule has 34 heavy (non-hydrogen) atoms. The molecule has 0 aliphatic carbocycles. The second-order valence-corrected chi connectivity index (χ2v) is 8.69. The number of amides is 1. The number of aryl methyl sites for hydroxylation is 1. The zero-order valence-electron chi connectivity index (χ0n) is 18.2. The molecule has 5 aromatic rings. The number of nitrogens with one attached hydrogen (secondary N) is 1. The Labute approximate surface area is 203 Å². The molecule has 1 amide bonds. The van der Waals surface area contributed by atoms with Crippen molar-refractivity contribution in [2.75, 3.05) is 12.4 Å². The summed E-state index contributed by atoms with van der Waals surface area (Å²) in [6.07, 6.45) is 3.01. The van der Waals surface area contributed by atoms with E-state index in [0.717, 1.165) is 16.1 Å². The summed E-state index contributed by atoms with van der Waals surface area (Å²) in [6.45, 7) is 1.84. The van der Waals surface area contributed by atoms with E-state index < -0.39 is 0 Å². The van der Waals surface area contributed by atoms with E-state index in [1.54, 1.807) is 42.0 Å². The van der Waals surface area contributed by atoms with Crippen LogP contribution in [0.25, 0.3) is 32.9 Å². The molecule has 3 aromatic heterocycles. The number of carbonyl (C=O) groups excluding carboxylic acids is 1. The van der Waals surface area contributed by atoms with Gasteiger partial charge in [0.1, 0.15) is 22.3 Å². The largest absolute Gasteiger partial charge is 0.495 e. The van der Waals surface area contributed by atoms with Crippen LogP contribution in [0, 0.1) is 6.92 Å². The predicted molar refractivity (Wildman–Crippen MR) is 132 cm³/mol. The maximum Gasteiger partial charge on any atom is 0.248 e. The van der Waals surface area contributed by atoms with Crippen molar-refractivity contribution in [2.24, 2.45) is 0 Å². The third-order valence-corrected chi connectivity index (χ3v) is 6.21. The van der Waals surface area contributed by atoms with E-state index in [1.807, 2.05) is 37.3 Å². The first-order valence-corrected chi connectivity index (χ1v) is 11.4. The van der Waals surface area contributed by atoms with Crippen LogP contribution in [0.15, 0.2) is 65.1 Å². The molecule has 0 unspecified atom stereocenters. The standard InChI is InChI=1S/C24H18ClN5O3S/c1-14-27-28-24-30(14)29-23(34-24)16-5-10-21(32-2)19(13-16)26-22(31)12-9-18-8-11-20(33-18)15-3-6-17(25)7-4-15/h3-13H,1-2H3,(H,26,31)/b12-9+. The van der Waals surface area contributed by atoms with Gasteiger partial charge in [0.15, 0.2) is 5.82 Å². The highest BCUT2D eigenvalue weighted by Crippen LogP contribution is 2.33. The Bertz CT molecular complexity index is 1520. The Balaban J connectivity index is 1.33. The lowest BCUT2D eigenvalue weighted by molar-refractivity contribution is -0.111. The second-order valence-electron chi connectivity index (χ2n) is 7.30. The topological polar surface area (TPSA) is 94.5 Å². The van der Waals surface area contributed by atoms with Crippen molar-refractivity contribution in [3.63, 3.8) is 0 Å². The van der Waals surface area contributed by atoms with Gasteiger partial charge in [-0.25, -0.2) is 0 Å². The Hall–Kier alpha value is -3.95. The van der Waals surface area contributed by atoms with Crippen LogP contribution in [0.3, 0.4) is 0 Å². The molecule has 0 bridgehead atoms. The molecule has 0 aliphatic heterocycles. The van der Waals surface area contributed by atoms with Gasteiger partial charge >= 0.3 is 0 Å². The third-order valence-electron chi connectivity index (χ3n) is 5.01. The summed E-state index contributed by atoms with van der Waals surface area (Å²) < 4.78 is 12.9. The van der Waals surface area contributed by atoms with Gasteiger partial charge in [-0.3, -0.25) is 4.79 Å². The zero-order chi connectivity index (χ0) is 23.7. The van der Waals surface area contributed by atoms with Crippen LogP contribution < -0.4 is 10.1 Å². The van der Waals surface area contributed by atoms with Crippen molar-refractivity contribution in [3.05, 3.63) is 77.3 Å². The monoisotopic (exact) mass is 491 g/mol. The quantitative estimate of drug-likeness (QED) is 0.304. The number of fused-ring (bicyclic) bond motifs is 1. The van der Waals surface area contributed by atoms with Crippen molar-refractivity contribution < 1.29 is 13.9 Å². The average molecular weight is 492 g/mol. The van der Waals surface area contributed by atoms with Gasteiger partial charge in [0.05, 0.1) is 12.8 Å². The second kappa shape index (κ2) is 9.12. The first kappa shape index (κ1) is 21.9. The molecule has 0 saturated carbocycles. The lowest BCUT2D eigenvalue weighted by Crippen LogP contribution is -2.09. The van der Waals surface area contributed by atoms with Crippen LogP contribution in [0.1, 0.15) is 11.6 Å². The van der Waals surface area contributed by atoms with E-state index in [2.05, 4.69) is 20.6 Å². The van der Waals surface area contributed by atoms with Crippen LogP contribution in [0.2, 0.25) is 5.02 Å². The minimum Gasteiger partial charge on any atom is -0.495 e. The van der Waals surface area contributed by atoms with E-state index in [-0.39, 0.29) is 5.91 Å². The highest BCUT2D eigenvalue weighted by Gasteiger charge is 2.14. The fourth-order valence-corrected chi connectivity index (χ4v) is 4.32. The van der Waals surface area contributed by atoms with Crippen molar-refractivity contribution >= 4 is 45.6 Å². The van der Waals surface area contributed by atoms with Gasteiger partial charge in [0.2, 0.25) is 10.9 Å². The van der Waals surface area contributed by atoms with Crippen LogP contribution in [0.5, 0.6) is 5.75 Å². The highest BCUT2D eigenvalue weighted by atomic mass is 35.5. The fourth-order valence-electron chi connectivity index (χ4n) is 3.31. The Kier molecular flexibility index (Phi) is 5.87. The van der Waals surface area contributed by atoms with Crippen molar-refractivity contribution in [3.8, 4) is 27.6 Å². The highest BCUT2D eigenvalue weighted by molar-refractivity contribution is 7.19. The third kappa shape index (κ3) is 4.43. The maximum atomic E-state index is 12.6. The number of anilines is 1. The van der Waals surface area contributed by atoms with Gasteiger partial charge in [-0.2, -0.15) is 9.61 Å². The van der Waals surface area contributed by atoms with Gasteiger partial charge in [-0.1, -0.05) is 22.9 Å². The molecule has 170 valence electrons. The molecule has 0 atom stereocenters. The number of furan rings is 1. The minimum absolute atomic E-state index is 0.325. The molecule has 0 saturated heterocycles. The van der Waals surface area contributed by atoms with E-state index >= 15 is 0 Å². The fraction of sp³-hybridized carbons (Fsp3) is 0.0833. The zero-order valence-corrected chi connectivity index (χ0v) is 19.7. The molecule has 1 N–H and O–H groups in total. The molecule has 0 radical (unpaired) electrons. The van der Waals surface area contributed by atoms with Crippen LogP contribution in [-0.4, -0.2) is 32.8 Å². The summed E-state index contributed by atoms with van der Waals surface area (Å²) in [6, 6.07) is 16.5. The molecular formula is C24H18ClN5O3S. The van der Waals surface area contributed by atoms with E-state index in [0.29, 0.717) is 38.8 Å². The lowest BCUT2D eigenvalue weighted by Gasteiger charge is -2.10. The van der Waals surface area contributed by atoms with Gasteiger partial charge in [0, 0.05) is 22.2 Å². The number of methoxy groups -OCH3 is 1. The predicted octanol–water partition coefficient (Wildman–Crippen LogP) is 5.74. The van der Waals surface area contributed by atoms with Crippen molar-refractivity contribution in [2.45, 2.75) is 6.92 Å².